The van der Waals surface area contributed by atoms with Gasteiger partial charge in [-0.05, 0) is 31.8 Å². The molecule has 4 heteroatoms. The fourth-order valence-corrected chi connectivity index (χ4v) is 2.57. The van der Waals surface area contributed by atoms with Gasteiger partial charge in [0.25, 0.3) is 0 Å². The Morgan fingerprint density at radius 2 is 2.28 bits per heavy atom. The summed E-state index contributed by atoms with van der Waals surface area (Å²) in [6.07, 6.45) is 0.342. The van der Waals surface area contributed by atoms with Crippen LogP contribution in [0.15, 0.2) is 24.3 Å². The van der Waals surface area contributed by atoms with Gasteiger partial charge in [-0.15, -0.1) is 0 Å². The molecule has 2 unspecified atom stereocenters. The van der Waals surface area contributed by atoms with Gasteiger partial charge in [-0.25, -0.2) is 4.39 Å². The maximum absolute atomic E-state index is 15.3. The van der Waals surface area contributed by atoms with Crippen molar-refractivity contribution in [2.75, 3.05) is 33.9 Å². The number of nitrogens with zero attached hydrogens (tertiary/aromatic N) is 1. The lowest BCUT2D eigenvalue weighted by atomic mass is 9.79. The Kier molecular flexibility index (Phi) is 3.88. The lowest BCUT2D eigenvalue weighted by Crippen LogP contribution is -2.44. The van der Waals surface area contributed by atoms with Crippen molar-refractivity contribution in [2.24, 2.45) is 5.92 Å². The molecule has 0 aliphatic carbocycles. The Hall–Kier alpha value is -1.13. The van der Waals surface area contributed by atoms with E-state index in [-0.39, 0.29) is 11.7 Å². The van der Waals surface area contributed by atoms with Gasteiger partial charge in [0.05, 0.1) is 6.61 Å². The molecule has 0 aromatic heterocycles. The van der Waals surface area contributed by atoms with Crippen molar-refractivity contribution >= 4 is 0 Å². The van der Waals surface area contributed by atoms with Gasteiger partial charge in [0.1, 0.15) is 11.4 Å². The molecule has 1 aromatic carbocycles. The zero-order chi connectivity index (χ0) is 13.2. The van der Waals surface area contributed by atoms with E-state index in [9.17, 15) is 5.11 Å². The summed E-state index contributed by atoms with van der Waals surface area (Å²) in [4.78, 5) is 1.97. The number of hydrogen-bond acceptors (Lipinski definition) is 3. The molecule has 1 heterocycles. The molecule has 18 heavy (non-hydrogen) atoms. The molecule has 1 N–H and O–H groups in total. The van der Waals surface area contributed by atoms with Crippen LogP contribution >= 0.6 is 0 Å². The highest BCUT2D eigenvalue weighted by molar-refractivity contribution is 5.32. The van der Waals surface area contributed by atoms with E-state index in [1.807, 2.05) is 19.0 Å². The first kappa shape index (κ1) is 13.3. The van der Waals surface area contributed by atoms with E-state index in [0.717, 1.165) is 0 Å². The molecule has 2 atom stereocenters. The summed E-state index contributed by atoms with van der Waals surface area (Å²) < 4.78 is 20.7. The van der Waals surface area contributed by atoms with Crippen LogP contribution in [-0.2, 0) is 10.4 Å². The number of hydrogen-bond donors (Lipinski definition) is 1. The van der Waals surface area contributed by atoms with E-state index >= 15 is 4.39 Å². The molecule has 0 amide bonds. The molecule has 1 aliphatic rings. The maximum Gasteiger partial charge on any atom is 0.144 e. The third-order valence-electron chi connectivity index (χ3n) is 3.49. The highest BCUT2D eigenvalue weighted by atomic mass is 19.1. The van der Waals surface area contributed by atoms with Crippen LogP contribution in [0, 0.1) is 5.92 Å². The minimum Gasteiger partial charge on any atom is -0.508 e. The summed E-state index contributed by atoms with van der Waals surface area (Å²) in [5.41, 5.74) is -0.862. The van der Waals surface area contributed by atoms with Gasteiger partial charge >= 0.3 is 0 Å². The van der Waals surface area contributed by atoms with E-state index in [1.165, 1.54) is 6.07 Å². The van der Waals surface area contributed by atoms with Crippen molar-refractivity contribution in [1.82, 2.24) is 4.90 Å². The van der Waals surface area contributed by atoms with Crippen molar-refractivity contribution in [3.63, 3.8) is 0 Å². The smallest absolute Gasteiger partial charge is 0.144 e. The number of rotatable bonds is 3. The average Bonchev–Trinajstić information content (AvgIpc) is 2.32. The fourth-order valence-electron chi connectivity index (χ4n) is 2.57. The van der Waals surface area contributed by atoms with Crippen molar-refractivity contribution in [2.45, 2.75) is 12.1 Å². The zero-order valence-corrected chi connectivity index (χ0v) is 10.9. The van der Waals surface area contributed by atoms with Gasteiger partial charge in [-0.3, -0.25) is 0 Å². The SMILES string of the molecule is CN(C)CC1COCCC1(F)c1cccc(O)c1. The van der Waals surface area contributed by atoms with Crippen LogP contribution < -0.4 is 0 Å². The third kappa shape index (κ3) is 2.65. The van der Waals surface area contributed by atoms with Crippen LogP contribution in [0.25, 0.3) is 0 Å². The second-order valence-electron chi connectivity index (χ2n) is 5.20. The van der Waals surface area contributed by atoms with Gasteiger partial charge in [-0.1, -0.05) is 12.1 Å². The molecule has 1 aromatic rings. The van der Waals surface area contributed by atoms with Crippen LogP contribution in [0.5, 0.6) is 5.75 Å². The van der Waals surface area contributed by atoms with Crippen LogP contribution in [0.4, 0.5) is 4.39 Å². The largest absolute Gasteiger partial charge is 0.508 e. The summed E-state index contributed by atoms with van der Waals surface area (Å²) in [5, 5.41) is 9.52. The average molecular weight is 253 g/mol. The highest BCUT2D eigenvalue weighted by Gasteiger charge is 2.43. The summed E-state index contributed by atoms with van der Waals surface area (Å²) >= 11 is 0. The van der Waals surface area contributed by atoms with E-state index in [1.54, 1.807) is 18.2 Å². The Morgan fingerprint density at radius 1 is 1.50 bits per heavy atom. The molecular weight excluding hydrogens is 233 g/mol. The first-order valence-corrected chi connectivity index (χ1v) is 6.23. The van der Waals surface area contributed by atoms with Crippen LogP contribution in [0.1, 0.15) is 12.0 Å². The van der Waals surface area contributed by atoms with Crippen LogP contribution in [0.2, 0.25) is 0 Å². The number of phenols is 1. The van der Waals surface area contributed by atoms with Gasteiger partial charge in [0.15, 0.2) is 0 Å². The standard InChI is InChI=1S/C14H20FNO2/c1-16(2)9-12-10-18-7-6-14(12,15)11-4-3-5-13(17)8-11/h3-5,8,12,17H,6-7,9-10H2,1-2H3. The van der Waals surface area contributed by atoms with Gasteiger partial charge < -0.3 is 14.7 Å². The summed E-state index contributed by atoms with van der Waals surface area (Å²) in [7, 11) is 3.86. The van der Waals surface area contributed by atoms with Crippen molar-refractivity contribution in [3.05, 3.63) is 29.8 Å². The maximum atomic E-state index is 15.3. The van der Waals surface area contributed by atoms with Crippen molar-refractivity contribution in [3.8, 4) is 5.75 Å². The number of benzene rings is 1. The molecule has 3 nitrogen and oxygen atoms in total. The van der Waals surface area contributed by atoms with Gasteiger partial charge in [0.2, 0.25) is 0 Å². The van der Waals surface area contributed by atoms with E-state index in [4.69, 9.17) is 4.74 Å². The summed E-state index contributed by atoms with van der Waals surface area (Å²) in [5.74, 6) is -0.0948. The minimum atomic E-state index is -1.42. The molecule has 0 bridgehead atoms. The Bertz CT molecular complexity index is 411. The van der Waals surface area contributed by atoms with Crippen molar-refractivity contribution < 1.29 is 14.2 Å². The lowest BCUT2D eigenvalue weighted by Gasteiger charge is -2.39. The second-order valence-corrected chi connectivity index (χ2v) is 5.20. The molecule has 1 aliphatic heterocycles. The quantitative estimate of drug-likeness (QED) is 0.896. The van der Waals surface area contributed by atoms with Crippen molar-refractivity contribution in [1.29, 1.82) is 0 Å². The fraction of sp³-hybridized carbons (Fsp3) is 0.571. The van der Waals surface area contributed by atoms with E-state index in [0.29, 0.717) is 31.7 Å². The van der Waals surface area contributed by atoms with E-state index < -0.39 is 5.67 Å². The number of aromatic hydroxyl groups is 1. The van der Waals surface area contributed by atoms with E-state index in [2.05, 4.69) is 0 Å². The van der Waals surface area contributed by atoms with Gasteiger partial charge in [-0.2, -0.15) is 0 Å². The molecule has 0 radical (unpaired) electrons. The highest BCUT2D eigenvalue weighted by Crippen LogP contribution is 2.41. The molecular formula is C14H20FNO2. The minimum absolute atomic E-state index is 0.111. The van der Waals surface area contributed by atoms with Gasteiger partial charge in [0, 0.05) is 25.5 Å². The molecule has 0 spiro atoms. The molecule has 2 rings (SSSR count). The number of phenolic OH excluding ortho intramolecular Hbond substituents is 1. The Morgan fingerprint density at radius 3 is 2.94 bits per heavy atom. The van der Waals surface area contributed by atoms with Crippen LogP contribution in [0.3, 0.4) is 0 Å². The normalized spacial score (nSPS) is 28.6. The third-order valence-corrected chi connectivity index (χ3v) is 3.49. The first-order valence-electron chi connectivity index (χ1n) is 6.23. The predicted octanol–water partition coefficient (Wildman–Crippen LogP) is 2.16. The first-order chi connectivity index (χ1) is 8.52. The molecule has 1 fully saturated rings. The monoisotopic (exact) mass is 253 g/mol. The number of ether oxygens (including phenoxy) is 1. The second kappa shape index (κ2) is 5.24. The molecule has 0 saturated carbocycles. The Labute approximate surface area is 107 Å². The Balaban J connectivity index is 2.29. The van der Waals surface area contributed by atoms with Crippen LogP contribution in [-0.4, -0.2) is 43.9 Å². The summed E-state index contributed by atoms with van der Waals surface area (Å²) in [6, 6.07) is 6.52. The summed E-state index contributed by atoms with van der Waals surface area (Å²) in [6.45, 7) is 1.48. The molecule has 1 saturated heterocycles. The predicted molar refractivity (Wildman–Crippen MR) is 68.4 cm³/mol. The number of alkyl halides is 1. The number of halogens is 1. The lowest BCUT2D eigenvalue weighted by molar-refractivity contribution is -0.0732. The zero-order valence-electron chi connectivity index (χ0n) is 10.9. The molecule has 100 valence electrons. The topological polar surface area (TPSA) is 32.7 Å².